The topological polar surface area (TPSA) is 54.0 Å². The van der Waals surface area contributed by atoms with E-state index in [9.17, 15) is 4.79 Å². The Kier molecular flexibility index (Phi) is 11.9. The zero-order valence-electron chi connectivity index (χ0n) is 24.4. The van der Waals surface area contributed by atoms with Crippen LogP contribution in [0, 0.1) is 5.41 Å². The van der Waals surface area contributed by atoms with Gasteiger partial charge in [0.2, 0.25) is 0 Å². The van der Waals surface area contributed by atoms with E-state index in [-0.39, 0.29) is 11.4 Å². The van der Waals surface area contributed by atoms with E-state index >= 15 is 0 Å². The highest BCUT2D eigenvalue weighted by Crippen LogP contribution is 2.32. The maximum Gasteiger partial charge on any atom is 0.343 e. The lowest BCUT2D eigenvalue weighted by Crippen LogP contribution is -2.46. The first-order valence-corrected chi connectivity index (χ1v) is 15.1. The summed E-state index contributed by atoms with van der Waals surface area (Å²) in [5, 5.41) is 0. The van der Waals surface area contributed by atoms with Crippen molar-refractivity contribution in [3.05, 3.63) is 91.0 Å². The number of carbonyl (C=O) groups excluding carboxylic acids is 1. The van der Waals surface area contributed by atoms with Crippen LogP contribution < -0.4 is 14.2 Å². The molecule has 0 saturated carbocycles. The zero-order chi connectivity index (χ0) is 28.8. The van der Waals surface area contributed by atoms with Gasteiger partial charge < -0.3 is 18.9 Å². The summed E-state index contributed by atoms with van der Waals surface area (Å²) in [5.41, 5.74) is 2.74. The summed E-state index contributed by atoms with van der Waals surface area (Å²) in [6.45, 7) is 8.86. The zero-order valence-corrected chi connectivity index (χ0v) is 24.4. The van der Waals surface area contributed by atoms with Crippen molar-refractivity contribution in [3.63, 3.8) is 0 Å². The maximum atomic E-state index is 12.7. The van der Waals surface area contributed by atoms with E-state index in [0.717, 1.165) is 55.1 Å². The van der Waals surface area contributed by atoms with Crippen LogP contribution in [0.15, 0.2) is 85.5 Å². The van der Waals surface area contributed by atoms with E-state index in [1.165, 1.54) is 38.5 Å². The molecule has 1 saturated heterocycles. The third-order valence-corrected chi connectivity index (χ3v) is 7.78. The van der Waals surface area contributed by atoms with Gasteiger partial charge in [-0.3, -0.25) is 0 Å². The van der Waals surface area contributed by atoms with Gasteiger partial charge in [0.25, 0.3) is 0 Å². The fourth-order valence-corrected chi connectivity index (χ4v) is 4.79. The van der Waals surface area contributed by atoms with Crippen LogP contribution in [0.3, 0.4) is 0 Å². The molecule has 0 amide bonds. The Hall–Kier alpha value is -3.57. The van der Waals surface area contributed by atoms with Crippen LogP contribution in [0.5, 0.6) is 17.2 Å². The molecule has 1 aliphatic heterocycles. The number of hydrogen-bond donors (Lipinski definition) is 0. The summed E-state index contributed by atoms with van der Waals surface area (Å²) in [7, 11) is 0. The van der Waals surface area contributed by atoms with Crippen LogP contribution >= 0.6 is 0 Å². The highest BCUT2D eigenvalue weighted by atomic mass is 16.5. The summed E-state index contributed by atoms with van der Waals surface area (Å²) < 4.78 is 22.8. The van der Waals surface area contributed by atoms with E-state index in [1.807, 2.05) is 54.6 Å². The second-order valence-corrected chi connectivity index (χ2v) is 11.0. The molecule has 4 rings (SSSR count). The lowest BCUT2D eigenvalue weighted by atomic mass is 9.84. The van der Waals surface area contributed by atoms with E-state index in [4.69, 9.17) is 18.9 Å². The van der Waals surface area contributed by atoms with Crippen LogP contribution in [0.4, 0.5) is 0 Å². The van der Waals surface area contributed by atoms with Crippen molar-refractivity contribution in [2.75, 3.05) is 26.4 Å². The molecule has 0 N–H and O–H groups in total. The predicted molar refractivity (Wildman–Crippen MR) is 165 cm³/mol. The van der Waals surface area contributed by atoms with Crippen molar-refractivity contribution in [2.45, 2.75) is 64.7 Å². The summed E-state index contributed by atoms with van der Waals surface area (Å²) in [6, 6.07) is 22.7. The van der Waals surface area contributed by atoms with Crippen molar-refractivity contribution < 1.29 is 23.7 Å². The largest absolute Gasteiger partial charge is 0.494 e. The minimum absolute atomic E-state index is 0.156. The van der Waals surface area contributed by atoms with Crippen LogP contribution in [-0.4, -0.2) is 32.4 Å². The number of ether oxygens (including phenoxy) is 4. The van der Waals surface area contributed by atoms with E-state index in [1.54, 1.807) is 24.3 Å². The van der Waals surface area contributed by atoms with Gasteiger partial charge in [-0.1, -0.05) is 69.4 Å². The van der Waals surface area contributed by atoms with Gasteiger partial charge in [0, 0.05) is 0 Å². The van der Waals surface area contributed by atoms with Gasteiger partial charge in [0.1, 0.15) is 17.2 Å². The molecule has 0 aromatic heterocycles. The summed E-state index contributed by atoms with van der Waals surface area (Å²) >= 11 is 0. The third kappa shape index (κ3) is 9.50. The quantitative estimate of drug-likeness (QED) is 0.0677. The fourth-order valence-electron chi connectivity index (χ4n) is 4.79. The van der Waals surface area contributed by atoms with Crippen LogP contribution in [0.25, 0.3) is 11.1 Å². The highest BCUT2D eigenvalue weighted by Gasteiger charge is 2.37. The molecule has 218 valence electrons. The number of carbonyl (C=O) groups is 1. The molecule has 5 nitrogen and oxygen atoms in total. The molecule has 1 heterocycles. The van der Waals surface area contributed by atoms with E-state index in [0.29, 0.717) is 24.5 Å². The van der Waals surface area contributed by atoms with Gasteiger partial charge in [0.15, 0.2) is 0 Å². The smallest absolute Gasteiger partial charge is 0.343 e. The standard InChI is InChI=1S/C36H44O5/c1-3-5-6-7-8-9-10-11-12-25-39-32-21-23-34(24-22-32)41-35(37)31-15-13-29(14-16-31)30-17-19-33(20-18-30)40-28-36(4-2)26-38-27-36/h3,13-24H,1,4-12,25-28H2,2H3. The van der Waals surface area contributed by atoms with Crippen molar-refractivity contribution in [1.82, 2.24) is 0 Å². The predicted octanol–water partition coefficient (Wildman–Crippen LogP) is 9.06. The average molecular weight is 557 g/mol. The second-order valence-electron chi connectivity index (χ2n) is 11.0. The molecule has 0 bridgehead atoms. The van der Waals surface area contributed by atoms with Crippen LogP contribution in [-0.2, 0) is 4.74 Å². The van der Waals surface area contributed by atoms with Crippen molar-refractivity contribution >= 4 is 5.97 Å². The molecule has 3 aromatic carbocycles. The molecule has 0 aliphatic carbocycles. The molecule has 5 heteroatoms. The Morgan fingerprint density at radius 3 is 1.88 bits per heavy atom. The molecular formula is C36H44O5. The molecular weight excluding hydrogens is 512 g/mol. The van der Waals surface area contributed by atoms with E-state index in [2.05, 4.69) is 13.5 Å². The first-order valence-electron chi connectivity index (χ1n) is 15.1. The van der Waals surface area contributed by atoms with Crippen LogP contribution in [0.2, 0.25) is 0 Å². The number of allylic oxidation sites excluding steroid dienone is 1. The van der Waals surface area contributed by atoms with E-state index < -0.39 is 0 Å². The van der Waals surface area contributed by atoms with Gasteiger partial charge in [-0.2, -0.15) is 0 Å². The van der Waals surface area contributed by atoms with Gasteiger partial charge in [0.05, 0.1) is 37.4 Å². The number of benzene rings is 3. The Balaban J connectivity index is 1.16. The molecule has 1 aliphatic rings. The summed E-state index contributed by atoms with van der Waals surface area (Å²) in [4.78, 5) is 12.7. The lowest BCUT2D eigenvalue weighted by molar-refractivity contribution is -0.133. The van der Waals surface area contributed by atoms with Gasteiger partial charge in [-0.05, 0) is 85.3 Å². The normalized spacial score (nSPS) is 13.7. The van der Waals surface area contributed by atoms with Gasteiger partial charge in [-0.15, -0.1) is 6.58 Å². The highest BCUT2D eigenvalue weighted by molar-refractivity contribution is 5.91. The summed E-state index contributed by atoms with van der Waals surface area (Å²) in [6.07, 6.45) is 12.8. The van der Waals surface area contributed by atoms with Gasteiger partial charge in [-0.25, -0.2) is 4.79 Å². The SMILES string of the molecule is C=CCCCCCCCCCOc1ccc(OC(=O)c2ccc(-c3ccc(OCC4(CC)COC4)cc3)cc2)cc1. The number of esters is 1. The Bertz CT molecular complexity index is 1190. The molecule has 0 atom stereocenters. The third-order valence-electron chi connectivity index (χ3n) is 7.78. The molecule has 1 fully saturated rings. The van der Waals surface area contributed by atoms with Crippen molar-refractivity contribution in [2.24, 2.45) is 5.41 Å². The second kappa shape index (κ2) is 16.0. The Morgan fingerprint density at radius 1 is 0.756 bits per heavy atom. The lowest BCUT2D eigenvalue weighted by Gasteiger charge is -2.40. The first-order chi connectivity index (χ1) is 20.1. The summed E-state index contributed by atoms with van der Waals surface area (Å²) in [5.74, 6) is 1.75. The number of rotatable bonds is 18. The first kappa shape index (κ1) is 30.4. The average Bonchev–Trinajstić information content (AvgIpc) is 2.99. The molecule has 0 spiro atoms. The fraction of sp³-hybridized carbons (Fsp3) is 0.417. The molecule has 0 unspecified atom stereocenters. The maximum absolute atomic E-state index is 12.7. The van der Waals surface area contributed by atoms with Crippen molar-refractivity contribution in [3.8, 4) is 28.4 Å². The Labute approximate surface area is 245 Å². The monoisotopic (exact) mass is 556 g/mol. The van der Waals surface area contributed by atoms with Crippen molar-refractivity contribution in [1.29, 1.82) is 0 Å². The number of hydrogen-bond acceptors (Lipinski definition) is 5. The number of unbranched alkanes of at least 4 members (excludes halogenated alkanes) is 7. The van der Waals surface area contributed by atoms with Crippen LogP contribution in [0.1, 0.15) is 75.1 Å². The van der Waals surface area contributed by atoms with Gasteiger partial charge >= 0.3 is 5.97 Å². The minimum Gasteiger partial charge on any atom is -0.494 e. The minimum atomic E-state index is -0.386. The Morgan fingerprint density at radius 2 is 1.29 bits per heavy atom. The molecule has 0 radical (unpaired) electrons. The molecule has 41 heavy (non-hydrogen) atoms. The molecule has 3 aromatic rings.